The number of nitrogens with zero attached hydrogens (tertiary/aromatic N) is 3. The number of carbonyl (C=O) groups is 1. The molecule has 0 aliphatic rings. The Morgan fingerprint density at radius 3 is 2.25 bits per heavy atom. The third-order valence-corrected chi connectivity index (χ3v) is 0.700. The fourth-order valence-corrected chi connectivity index (χ4v) is 0.287. The van der Waals surface area contributed by atoms with Crippen LogP contribution >= 0.6 is 0 Å². The van der Waals surface area contributed by atoms with Gasteiger partial charge in [0, 0.05) is 56.6 Å². The minimum absolute atomic E-state index is 0.747. The number of carbonyl (C=O) groups excluding carboxylic acids is 1. The standard InChI is InChI=1S/C7H17NO.C4H9N3O.C3H6O.2O.Pt/c1-7(2)8-5-3-4-6-9;5-7-6-3-1-2-4-8;1-3(2)4;;;/h7-9H,3-6H2,1-2H3;8H,1-4H2;1-2H3;;;/i1D3,3D2,4D2,5D2,6D2,7D;1D2,2D2,3D2,4D2;1D3;;;. The summed E-state index contributed by atoms with van der Waals surface area (Å²) in [5, 5.41) is 21.9. The molecule has 0 saturated carbocycles. The second-order valence-corrected chi connectivity index (χ2v) is 2.89. The van der Waals surface area contributed by atoms with Gasteiger partial charge in [0.1, 0.15) is 5.78 Å². The number of Topliss-reactive ketones (excluding diaryl/α,β-unsaturated/α-hetero) is 1. The Morgan fingerprint density at radius 2 is 1.88 bits per heavy atom. The average Bonchev–Trinajstić information content (AvgIpc) is 2.76. The van der Waals surface area contributed by atoms with E-state index in [0.29, 0.717) is 0 Å². The van der Waals surface area contributed by atoms with Crippen LogP contribution in [0.2, 0.25) is 0 Å². The van der Waals surface area contributed by atoms with E-state index in [9.17, 15) is 4.79 Å². The zero-order chi connectivity index (χ0) is 39.9. The van der Waals surface area contributed by atoms with Crippen molar-refractivity contribution >= 4 is 5.78 Å². The van der Waals surface area contributed by atoms with E-state index < -0.39 is 95.6 Å². The summed E-state index contributed by atoms with van der Waals surface area (Å²) in [5.41, 5.74) is 8.01. The fraction of sp³-hybridized carbons (Fsp3) is 0.929. The van der Waals surface area contributed by atoms with E-state index in [1.54, 1.807) is 0 Å². The van der Waals surface area contributed by atoms with Crippen LogP contribution in [0.5, 0.6) is 0 Å². The van der Waals surface area contributed by atoms with Crippen molar-refractivity contribution in [2.24, 2.45) is 5.11 Å². The van der Waals surface area contributed by atoms with Crippen molar-refractivity contribution < 1.29 is 71.8 Å². The van der Waals surface area contributed by atoms with Gasteiger partial charge in [0.25, 0.3) is 0 Å². The van der Waals surface area contributed by atoms with E-state index in [2.05, 4.69) is 5.11 Å². The van der Waals surface area contributed by atoms with E-state index in [-0.39, 0.29) is 0 Å². The summed E-state index contributed by atoms with van der Waals surface area (Å²) < 4.78 is 179. The van der Waals surface area contributed by atoms with Gasteiger partial charge >= 0.3 is 25.3 Å². The number of hydrogen-bond donors (Lipinski definition) is 3. The molecule has 3 N–H and O–H groups in total. The number of aliphatic hydroxyl groups is 2. The molecule has 0 aromatic rings. The molecule has 0 amide bonds. The molecule has 0 radical (unpaired) electrons. The number of azide groups is 1. The van der Waals surface area contributed by atoms with Crippen LogP contribution < -0.4 is 5.32 Å². The Balaban J connectivity index is -0.000000311. The van der Waals surface area contributed by atoms with E-state index in [0.717, 1.165) is 13.8 Å². The third kappa shape index (κ3) is 83.4. The predicted octanol–water partition coefficient (Wildman–Crippen LogP) is 2.18. The number of rotatable bonds is 9. The van der Waals surface area contributed by atoms with Crippen LogP contribution in [-0.2, 0) is 30.1 Å². The number of hydrogen-bond acceptors (Lipinski definition) is 7. The first-order chi connectivity index (χ1) is 19.9. The summed E-state index contributed by atoms with van der Waals surface area (Å²) in [6, 6.07) is -2.66. The maximum atomic E-state index is 9.90. The summed E-state index contributed by atoms with van der Waals surface area (Å²) in [6.45, 7) is -17.8. The van der Waals surface area contributed by atoms with Crippen LogP contribution in [0, 0.1) is 0 Å². The molecule has 1 unspecified atom stereocenters. The Kier molecular flexibility index (Phi) is 8.97. The second-order valence-electron chi connectivity index (χ2n) is 2.51. The van der Waals surface area contributed by atoms with Gasteiger partial charge in [0.2, 0.25) is 0 Å². The van der Waals surface area contributed by atoms with Crippen LogP contribution in [-0.4, -0.2) is 48.1 Å². The van der Waals surface area contributed by atoms with E-state index in [1.807, 2.05) is 4.91 Å². The molecule has 0 spiro atoms. The Labute approximate surface area is 185 Å². The first-order valence-electron chi connectivity index (χ1n) is 16.5. The molecule has 1 atom stereocenters. The van der Waals surface area contributed by atoms with Gasteiger partial charge in [0.15, 0.2) is 0 Å². The first-order valence-corrected chi connectivity index (χ1v) is 6.89. The van der Waals surface area contributed by atoms with Crippen LogP contribution in [0.25, 0.3) is 10.4 Å². The van der Waals surface area contributed by atoms with Gasteiger partial charge in [-0.1, -0.05) is 18.9 Å². The van der Waals surface area contributed by atoms with Crippen molar-refractivity contribution in [1.82, 2.24) is 5.32 Å². The molecule has 0 heterocycles. The Bertz CT molecular complexity index is 1120. The molecule has 0 rings (SSSR count). The molecule has 24 heavy (non-hydrogen) atoms. The topological polar surface area (TPSA) is 152 Å². The number of nitrogens with one attached hydrogen (secondary N) is 1. The summed E-state index contributed by atoms with van der Waals surface area (Å²) in [5.74, 6) is -0.757. The van der Waals surface area contributed by atoms with Gasteiger partial charge in [-0.25, -0.2) is 0 Å². The van der Waals surface area contributed by atoms with Crippen LogP contribution in [0.3, 0.4) is 0 Å². The van der Waals surface area contributed by atoms with Crippen molar-refractivity contribution in [3.63, 3.8) is 0 Å². The molecule has 0 saturated heterocycles. The molecule has 0 aromatic carbocycles. The van der Waals surface area contributed by atoms with Gasteiger partial charge in [0.05, 0.1) is 5.48 Å². The molecule has 0 aliphatic heterocycles. The van der Waals surface area contributed by atoms with Gasteiger partial charge in [-0.2, -0.15) is 0 Å². The van der Waals surface area contributed by atoms with Gasteiger partial charge < -0.3 is 20.3 Å². The van der Waals surface area contributed by atoms with Crippen molar-refractivity contribution in [1.29, 1.82) is 0 Å². The van der Waals surface area contributed by atoms with Crippen LogP contribution in [0.4, 0.5) is 0 Å². The van der Waals surface area contributed by atoms with Gasteiger partial charge in [-0.05, 0) is 51.3 Å². The maximum absolute atomic E-state index is 9.90. The molecule has 0 aromatic heterocycles. The summed E-state index contributed by atoms with van der Waals surface area (Å²) in [4.78, 5) is 11.9. The number of ketones is 1. The Morgan fingerprint density at radius 1 is 1.38 bits per heavy atom. The molecule has 0 aliphatic carbocycles. The normalized spacial score (nSPS) is 31.1. The molecule has 9 nitrogen and oxygen atoms in total. The first kappa shape index (κ1) is 6.39. The molecular formula is C14H32N4O5Pt. The minimum atomic E-state index is -3.73. The van der Waals surface area contributed by atoms with Gasteiger partial charge in [-0.15, -0.1) is 0 Å². The summed E-state index contributed by atoms with van der Waals surface area (Å²) >= 11 is -1.92. The monoisotopic (exact) mass is 554 g/mol. The third-order valence-electron chi connectivity index (χ3n) is 0.700. The van der Waals surface area contributed by atoms with Crippen molar-refractivity contribution in [3.05, 3.63) is 10.4 Å². The van der Waals surface area contributed by atoms with E-state index >= 15 is 0 Å². The fourth-order valence-electron chi connectivity index (χ4n) is 0.287. The van der Waals surface area contributed by atoms with E-state index in [1.165, 1.54) is 5.32 Å². The summed E-state index contributed by atoms with van der Waals surface area (Å²) in [6.07, 6.45) is -14.6. The van der Waals surface area contributed by atoms with E-state index in [4.69, 9.17) is 54.1 Å². The molecule has 0 fully saturated rings. The molecule has 148 valence electrons. The molecule has 10 heteroatoms. The van der Waals surface area contributed by atoms with Gasteiger partial charge in [-0.3, -0.25) is 0 Å². The zero-order valence-corrected chi connectivity index (χ0v) is 14.5. The molecule has 0 bridgehead atoms. The van der Waals surface area contributed by atoms with Crippen molar-refractivity contribution in [3.8, 4) is 0 Å². The van der Waals surface area contributed by atoms with Crippen LogP contribution in [0.1, 0.15) is 84.6 Å². The summed E-state index contributed by atoms with van der Waals surface area (Å²) in [7, 11) is 0. The van der Waals surface area contributed by atoms with Crippen LogP contribution in [0.15, 0.2) is 5.11 Å². The van der Waals surface area contributed by atoms with Crippen molar-refractivity contribution in [2.75, 3.05) is 26.1 Å². The average molecular weight is 555 g/mol. The Hall–Kier alpha value is -0.852. The van der Waals surface area contributed by atoms with Crippen molar-refractivity contribution in [2.45, 2.75) is 59.1 Å². The zero-order valence-electron chi connectivity index (χ0n) is 35.3. The SMILES string of the molecule is [2H]C([2H])(O)C([2H])([2H])C([2H])([2H])C([2H])([2H])N=[N+]=[N-].[2H]C([2H])([2H])C(C)=O.[2H]C([2H])([2H])C([2H])(C)NC([2H])([2H])C([2H])([2H])C([2H])([2H])C([2H])([2H])O.[O]=[Pt]=[O]. The predicted molar refractivity (Wildman–Crippen MR) is 87.5 cm³/mol. The quantitative estimate of drug-likeness (QED) is 0.226. The molecular weight excluding hydrogens is 499 g/mol. The second kappa shape index (κ2) is 33.7.